The van der Waals surface area contributed by atoms with Crippen molar-refractivity contribution >= 4 is 0 Å². The smallest absolute Gasteiger partial charge is 0.00980 e. The van der Waals surface area contributed by atoms with Gasteiger partial charge in [-0.2, -0.15) is 0 Å². The molecule has 1 heteroatoms. The van der Waals surface area contributed by atoms with E-state index in [0.29, 0.717) is 0 Å². The summed E-state index contributed by atoms with van der Waals surface area (Å²) in [6.07, 6.45) is 4.45. The molecule has 2 aliphatic heterocycles. The van der Waals surface area contributed by atoms with Gasteiger partial charge in [0.05, 0.1) is 0 Å². The van der Waals surface area contributed by atoms with Gasteiger partial charge in [-0.3, -0.25) is 0 Å². The Kier molecular flexibility index (Phi) is 8.13. The minimum atomic E-state index is 0.944. The van der Waals surface area contributed by atoms with Crippen LogP contribution >= 0.6 is 0 Å². The van der Waals surface area contributed by atoms with Crippen LogP contribution in [0.4, 0.5) is 0 Å². The van der Waals surface area contributed by atoms with Crippen molar-refractivity contribution in [2.24, 2.45) is 11.8 Å². The van der Waals surface area contributed by atoms with Gasteiger partial charge in [0.1, 0.15) is 0 Å². The molecule has 1 saturated carbocycles. The third-order valence-electron chi connectivity index (χ3n) is 3.71. The molecule has 0 aromatic carbocycles. The molecule has 2 saturated heterocycles. The zero-order valence-electron chi connectivity index (χ0n) is 11.7. The first-order chi connectivity index (χ1) is 7.31. The first kappa shape index (κ1) is 15.0. The van der Waals surface area contributed by atoms with Gasteiger partial charge in [-0.05, 0) is 37.6 Å². The van der Waals surface area contributed by atoms with Crippen molar-refractivity contribution in [1.29, 1.82) is 0 Å². The lowest BCUT2D eigenvalue weighted by Gasteiger charge is -2.48. The Morgan fingerprint density at radius 2 is 1.67 bits per heavy atom. The molecule has 0 radical (unpaired) electrons. The number of piperidine rings is 2. The third-order valence-corrected chi connectivity index (χ3v) is 3.71. The summed E-state index contributed by atoms with van der Waals surface area (Å²) in [5, 5.41) is 0. The Balaban J connectivity index is 0.000000442. The van der Waals surface area contributed by atoms with Crippen LogP contribution in [0.15, 0.2) is 0 Å². The second kappa shape index (κ2) is 8.15. The van der Waals surface area contributed by atoms with E-state index >= 15 is 0 Å². The molecular weight excluding hydrogens is 182 g/mol. The second-order valence-corrected chi connectivity index (χ2v) is 4.29. The summed E-state index contributed by atoms with van der Waals surface area (Å²) in [7, 11) is 0. The Morgan fingerprint density at radius 1 is 1.07 bits per heavy atom. The molecule has 0 N–H and O–H groups in total. The molecule has 1 aliphatic carbocycles. The summed E-state index contributed by atoms with van der Waals surface area (Å²) < 4.78 is 0. The highest BCUT2D eigenvalue weighted by molar-refractivity contribution is 4.90. The van der Waals surface area contributed by atoms with E-state index in [0.717, 1.165) is 17.9 Å². The highest BCUT2D eigenvalue weighted by Crippen LogP contribution is 2.38. The van der Waals surface area contributed by atoms with Gasteiger partial charge in [0.2, 0.25) is 0 Å². The van der Waals surface area contributed by atoms with Crippen LogP contribution in [0, 0.1) is 11.8 Å². The van der Waals surface area contributed by atoms with Gasteiger partial charge in [-0.1, -0.05) is 41.5 Å². The highest BCUT2D eigenvalue weighted by Gasteiger charge is 2.36. The average Bonchev–Trinajstić information content (AvgIpc) is 2.35. The van der Waals surface area contributed by atoms with E-state index < -0.39 is 0 Å². The molecule has 3 atom stereocenters. The summed E-state index contributed by atoms with van der Waals surface area (Å²) in [5.41, 5.74) is 0. The fraction of sp³-hybridized carbons (Fsp3) is 1.00. The summed E-state index contributed by atoms with van der Waals surface area (Å²) in [5.74, 6) is 2.04. The quantitative estimate of drug-likeness (QED) is 0.631. The fourth-order valence-corrected chi connectivity index (χ4v) is 2.87. The van der Waals surface area contributed by atoms with Crippen LogP contribution in [-0.2, 0) is 0 Å². The molecule has 0 spiro atoms. The molecule has 0 aromatic rings. The van der Waals surface area contributed by atoms with Crippen LogP contribution in [0.3, 0.4) is 0 Å². The molecule has 3 unspecified atom stereocenters. The molecular formula is C14H31N. The number of rotatable bonds is 1. The minimum absolute atomic E-state index is 0.944. The molecule has 3 aliphatic rings. The predicted octanol–water partition coefficient (Wildman–Crippen LogP) is 4.18. The zero-order chi connectivity index (χ0) is 11.8. The number of nitrogens with zero attached hydrogens (tertiary/aromatic N) is 1. The molecule has 0 amide bonds. The monoisotopic (exact) mass is 213 g/mol. The van der Waals surface area contributed by atoms with Crippen molar-refractivity contribution in [2.75, 3.05) is 13.1 Å². The SMILES string of the molecule is CC.CC.CCN1CC2CCC1CC2C. The molecule has 3 rings (SSSR count). The summed E-state index contributed by atoms with van der Waals surface area (Å²) in [6.45, 7) is 15.4. The lowest BCUT2D eigenvalue weighted by Crippen LogP contribution is -2.50. The van der Waals surface area contributed by atoms with Crippen molar-refractivity contribution in [3.8, 4) is 0 Å². The summed E-state index contributed by atoms with van der Waals surface area (Å²) in [4.78, 5) is 2.67. The Labute approximate surface area is 97.2 Å². The summed E-state index contributed by atoms with van der Waals surface area (Å²) in [6, 6.07) is 0.944. The lowest BCUT2D eigenvalue weighted by molar-refractivity contribution is 0.0158. The molecule has 3 fully saturated rings. The van der Waals surface area contributed by atoms with Crippen LogP contribution < -0.4 is 0 Å². The van der Waals surface area contributed by atoms with Crippen molar-refractivity contribution in [3.05, 3.63) is 0 Å². The molecule has 2 heterocycles. The maximum absolute atomic E-state index is 2.67. The van der Waals surface area contributed by atoms with Crippen LogP contribution in [0.1, 0.15) is 60.8 Å². The van der Waals surface area contributed by atoms with Crippen molar-refractivity contribution < 1.29 is 0 Å². The van der Waals surface area contributed by atoms with Gasteiger partial charge in [-0.15, -0.1) is 0 Å². The third kappa shape index (κ3) is 3.79. The number of hydrogen-bond donors (Lipinski definition) is 0. The Bertz CT molecular complexity index is 144. The van der Waals surface area contributed by atoms with Crippen LogP contribution in [0.25, 0.3) is 0 Å². The molecule has 0 aromatic heterocycles. The maximum Gasteiger partial charge on any atom is 0.00980 e. The largest absolute Gasteiger partial charge is 0.300 e. The van der Waals surface area contributed by atoms with Gasteiger partial charge in [0.15, 0.2) is 0 Å². The Morgan fingerprint density at radius 3 is 2.00 bits per heavy atom. The van der Waals surface area contributed by atoms with Crippen molar-refractivity contribution in [1.82, 2.24) is 4.90 Å². The topological polar surface area (TPSA) is 3.24 Å². The van der Waals surface area contributed by atoms with Crippen molar-refractivity contribution in [2.45, 2.75) is 66.8 Å². The highest BCUT2D eigenvalue weighted by atomic mass is 15.2. The predicted molar refractivity (Wildman–Crippen MR) is 70.2 cm³/mol. The van der Waals surface area contributed by atoms with Gasteiger partial charge >= 0.3 is 0 Å². The molecule has 15 heavy (non-hydrogen) atoms. The first-order valence-electron chi connectivity index (χ1n) is 7.05. The van der Waals surface area contributed by atoms with E-state index in [1.165, 1.54) is 32.4 Å². The van der Waals surface area contributed by atoms with Crippen LogP contribution in [0.5, 0.6) is 0 Å². The number of hydrogen-bond acceptors (Lipinski definition) is 1. The molecule has 92 valence electrons. The van der Waals surface area contributed by atoms with E-state index in [1.807, 2.05) is 27.7 Å². The maximum atomic E-state index is 2.67. The zero-order valence-corrected chi connectivity index (χ0v) is 11.7. The standard InChI is InChI=1S/C10H19N.2C2H6/c1-3-11-7-9-4-5-10(11)6-8(9)2;2*1-2/h8-10H,3-7H2,1-2H3;2*1-2H3. The van der Waals surface area contributed by atoms with E-state index in [1.54, 1.807) is 0 Å². The van der Waals surface area contributed by atoms with E-state index in [2.05, 4.69) is 18.7 Å². The van der Waals surface area contributed by atoms with Gasteiger partial charge in [0.25, 0.3) is 0 Å². The number of fused-ring (bicyclic) bond motifs is 3. The lowest BCUT2D eigenvalue weighted by atomic mass is 9.73. The normalized spacial score (nSPS) is 33.6. The van der Waals surface area contributed by atoms with Gasteiger partial charge in [-0.25, -0.2) is 0 Å². The van der Waals surface area contributed by atoms with Crippen LogP contribution in [-0.4, -0.2) is 24.0 Å². The Hall–Kier alpha value is -0.0400. The second-order valence-electron chi connectivity index (χ2n) is 4.29. The van der Waals surface area contributed by atoms with E-state index in [9.17, 15) is 0 Å². The van der Waals surface area contributed by atoms with E-state index in [4.69, 9.17) is 0 Å². The average molecular weight is 213 g/mol. The summed E-state index contributed by atoms with van der Waals surface area (Å²) >= 11 is 0. The molecule has 2 bridgehead atoms. The van der Waals surface area contributed by atoms with Crippen LogP contribution in [0.2, 0.25) is 0 Å². The van der Waals surface area contributed by atoms with Crippen molar-refractivity contribution in [3.63, 3.8) is 0 Å². The fourth-order valence-electron chi connectivity index (χ4n) is 2.87. The van der Waals surface area contributed by atoms with Gasteiger partial charge < -0.3 is 4.90 Å². The first-order valence-corrected chi connectivity index (χ1v) is 7.05. The van der Waals surface area contributed by atoms with E-state index in [-0.39, 0.29) is 0 Å². The molecule has 1 nitrogen and oxygen atoms in total. The van der Waals surface area contributed by atoms with Gasteiger partial charge in [0, 0.05) is 12.6 Å². The minimum Gasteiger partial charge on any atom is -0.300 e.